The molecule has 0 atom stereocenters. The summed E-state index contributed by atoms with van der Waals surface area (Å²) in [4.78, 5) is 22.0. The lowest BCUT2D eigenvalue weighted by atomic mass is 9.86. The van der Waals surface area contributed by atoms with Gasteiger partial charge < -0.3 is 9.53 Å². The van der Waals surface area contributed by atoms with Gasteiger partial charge in [-0.05, 0) is 17.5 Å². The first kappa shape index (κ1) is 12.4. The van der Waals surface area contributed by atoms with E-state index in [2.05, 4.69) is 0 Å². The van der Waals surface area contributed by atoms with Crippen molar-refractivity contribution in [3.8, 4) is 5.75 Å². The van der Waals surface area contributed by atoms with Gasteiger partial charge in [-0.2, -0.15) is 0 Å². The van der Waals surface area contributed by atoms with E-state index in [1.807, 2.05) is 19.9 Å². The average Bonchev–Trinajstić information content (AvgIpc) is 2.17. The lowest BCUT2D eigenvalue weighted by molar-refractivity contribution is -0.136. The fourth-order valence-corrected chi connectivity index (χ4v) is 1.34. The molecule has 1 aromatic carbocycles. The fourth-order valence-electron chi connectivity index (χ4n) is 1.34. The summed E-state index contributed by atoms with van der Waals surface area (Å²) in [5.41, 5.74) is -0.340. The SMILES string of the molecule is CC(C)(CC=O)CC(=O)Oc1ccccc1. The largest absolute Gasteiger partial charge is 0.427 e. The molecule has 0 spiro atoms. The molecule has 0 aliphatic heterocycles. The van der Waals surface area contributed by atoms with Crippen LogP contribution in [-0.2, 0) is 9.59 Å². The van der Waals surface area contributed by atoms with Crippen LogP contribution in [0.4, 0.5) is 0 Å². The van der Waals surface area contributed by atoms with Crippen LogP contribution in [0.2, 0.25) is 0 Å². The molecule has 0 saturated carbocycles. The van der Waals surface area contributed by atoms with Gasteiger partial charge in [0.1, 0.15) is 12.0 Å². The Balaban J connectivity index is 2.51. The van der Waals surface area contributed by atoms with E-state index in [1.54, 1.807) is 24.3 Å². The van der Waals surface area contributed by atoms with Crippen molar-refractivity contribution in [1.29, 1.82) is 0 Å². The maximum atomic E-state index is 11.6. The van der Waals surface area contributed by atoms with Gasteiger partial charge in [0, 0.05) is 6.42 Å². The minimum Gasteiger partial charge on any atom is -0.427 e. The molecular weight excluding hydrogens is 204 g/mol. The highest BCUT2D eigenvalue weighted by atomic mass is 16.5. The first-order valence-corrected chi connectivity index (χ1v) is 5.23. The van der Waals surface area contributed by atoms with E-state index < -0.39 is 0 Å². The molecule has 1 aromatic rings. The van der Waals surface area contributed by atoms with Gasteiger partial charge >= 0.3 is 5.97 Å². The average molecular weight is 220 g/mol. The van der Waals surface area contributed by atoms with E-state index in [4.69, 9.17) is 4.74 Å². The number of aldehydes is 1. The molecule has 0 heterocycles. The van der Waals surface area contributed by atoms with Crippen molar-refractivity contribution < 1.29 is 14.3 Å². The highest BCUT2D eigenvalue weighted by Crippen LogP contribution is 2.24. The second kappa shape index (κ2) is 5.45. The third-order valence-corrected chi connectivity index (χ3v) is 2.23. The highest BCUT2D eigenvalue weighted by Gasteiger charge is 2.22. The molecule has 0 aliphatic rings. The van der Waals surface area contributed by atoms with E-state index in [0.29, 0.717) is 12.2 Å². The van der Waals surface area contributed by atoms with E-state index in [-0.39, 0.29) is 17.8 Å². The first-order chi connectivity index (χ1) is 7.53. The van der Waals surface area contributed by atoms with Crippen LogP contribution in [0.25, 0.3) is 0 Å². The minimum atomic E-state index is -0.340. The normalized spacial score (nSPS) is 10.9. The zero-order valence-corrected chi connectivity index (χ0v) is 9.60. The highest BCUT2D eigenvalue weighted by molar-refractivity contribution is 5.73. The van der Waals surface area contributed by atoms with Crippen molar-refractivity contribution in [3.63, 3.8) is 0 Å². The second-order valence-corrected chi connectivity index (χ2v) is 4.50. The molecular formula is C13H16O3. The summed E-state index contributed by atoms with van der Waals surface area (Å²) in [6.07, 6.45) is 1.42. The number of rotatable bonds is 5. The fraction of sp³-hybridized carbons (Fsp3) is 0.385. The number of carbonyl (C=O) groups excluding carboxylic acids is 2. The van der Waals surface area contributed by atoms with Crippen LogP contribution in [-0.4, -0.2) is 12.3 Å². The summed E-state index contributed by atoms with van der Waals surface area (Å²) in [5, 5.41) is 0. The standard InChI is InChI=1S/C13H16O3/c1-13(2,8-9-14)10-12(15)16-11-6-4-3-5-7-11/h3-7,9H,8,10H2,1-2H3. The number of para-hydroxylation sites is 1. The third kappa shape index (κ3) is 4.26. The van der Waals surface area contributed by atoms with Crippen molar-refractivity contribution in [2.45, 2.75) is 26.7 Å². The number of hydrogen-bond donors (Lipinski definition) is 0. The molecule has 16 heavy (non-hydrogen) atoms. The molecule has 0 aliphatic carbocycles. The number of benzene rings is 1. The number of esters is 1. The summed E-state index contributed by atoms with van der Waals surface area (Å²) < 4.78 is 5.14. The van der Waals surface area contributed by atoms with Crippen LogP contribution in [0.5, 0.6) is 5.75 Å². The molecule has 0 bridgehead atoms. The Kier molecular flexibility index (Phi) is 4.23. The Morgan fingerprint density at radius 3 is 2.50 bits per heavy atom. The predicted octanol–water partition coefficient (Wildman–Crippen LogP) is 2.60. The predicted molar refractivity (Wildman–Crippen MR) is 61.2 cm³/mol. The maximum Gasteiger partial charge on any atom is 0.311 e. The van der Waals surface area contributed by atoms with Gasteiger partial charge in [-0.1, -0.05) is 32.0 Å². The lowest BCUT2D eigenvalue weighted by Crippen LogP contribution is -2.21. The van der Waals surface area contributed by atoms with Crippen molar-refractivity contribution in [3.05, 3.63) is 30.3 Å². The van der Waals surface area contributed by atoms with Crippen LogP contribution >= 0.6 is 0 Å². The van der Waals surface area contributed by atoms with Crippen LogP contribution in [0.3, 0.4) is 0 Å². The summed E-state index contributed by atoms with van der Waals surface area (Å²) >= 11 is 0. The number of hydrogen-bond acceptors (Lipinski definition) is 3. The Bertz CT molecular complexity index is 355. The summed E-state index contributed by atoms with van der Waals surface area (Å²) in [6.45, 7) is 3.74. The van der Waals surface area contributed by atoms with Crippen LogP contribution in [0.1, 0.15) is 26.7 Å². The van der Waals surface area contributed by atoms with Gasteiger partial charge in [0.2, 0.25) is 0 Å². The number of carbonyl (C=O) groups is 2. The van der Waals surface area contributed by atoms with Crippen molar-refractivity contribution in [2.75, 3.05) is 0 Å². The van der Waals surface area contributed by atoms with Gasteiger partial charge in [0.25, 0.3) is 0 Å². The van der Waals surface area contributed by atoms with E-state index in [0.717, 1.165) is 6.29 Å². The van der Waals surface area contributed by atoms with Gasteiger partial charge in [0.15, 0.2) is 0 Å². The quantitative estimate of drug-likeness (QED) is 0.435. The molecule has 0 N–H and O–H groups in total. The smallest absolute Gasteiger partial charge is 0.311 e. The zero-order chi connectivity index (χ0) is 12.0. The summed E-state index contributed by atoms with van der Waals surface area (Å²) in [5.74, 6) is 0.229. The van der Waals surface area contributed by atoms with Crippen molar-refractivity contribution in [2.24, 2.45) is 5.41 Å². The van der Waals surface area contributed by atoms with Gasteiger partial charge in [0.05, 0.1) is 6.42 Å². The monoisotopic (exact) mass is 220 g/mol. The Labute approximate surface area is 95.4 Å². The summed E-state index contributed by atoms with van der Waals surface area (Å²) in [7, 11) is 0. The first-order valence-electron chi connectivity index (χ1n) is 5.23. The molecule has 1 rings (SSSR count). The minimum absolute atomic E-state index is 0.237. The Morgan fingerprint density at radius 1 is 1.31 bits per heavy atom. The maximum absolute atomic E-state index is 11.6. The molecule has 3 heteroatoms. The van der Waals surface area contributed by atoms with E-state index in [1.165, 1.54) is 0 Å². The molecule has 0 unspecified atom stereocenters. The lowest BCUT2D eigenvalue weighted by Gasteiger charge is -2.19. The van der Waals surface area contributed by atoms with E-state index >= 15 is 0 Å². The van der Waals surface area contributed by atoms with Crippen LogP contribution in [0, 0.1) is 5.41 Å². The number of ether oxygens (including phenoxy) is 1. The van der Waals surface area contributed by atoms with Gasteiger partial charge in [-0.3, -0.25) is 4.79 Å². The third-order valence-electron chi connectivity index (χ3n) is 2.23. The second-order valence-electron chi connectivity index (χ2n) is 4.50. The summed E-state index contributed by atoms with van der Waals surface area (Å²) in [6, 6.07) is 8.92. The van der Waals surface area contributed by atoms with Crippen molar-refractivity contribution in [1.82, 2.24) is 0 Å². The van der Waals surface area contributed by atoms with Gasteiger partial charge in [-0.25, -0.2) is 0 Å². The Morgan fingerprint density at radius 2 is 1.94 bits per heavy atom. The molecule has 0 saturated heterocycles. The molecule has 3 nitrogen and oxygen atoms in total. The molecule has 0 fully saturated rings. The molecule has 0 radical (unpaired) electrons. The van der Waals surface area contributed by atoms with Crippen molar-refractivity contribution >= 4 is 12.3 Å². The van der Waals surface area contributed by atoms with E-state index in [9.17, 15) is 9.59 Å². The Hall–Kier alpha value is -1.64. The van der Waals surface area contributed by atoms with Crippen LogP contribution in [0.15, 0.2) is 30.3 Å². The molecule has 0 aromatic heterocycles. The molecule has 86 valence electrons. The zero-order valence-electron chi connectivity index (χ0n) is 9.60. The topological polar surface area (TPSA) is 43.4 Å². The molecule has 0 amide bonds. The van der Waals surface area contributed by atoms with Gasteiger partial charge in [-0.15, -0.1) is 0 Å². The van der Waals surface area contributed by atoms with Crippen LogP contribution < -0.4 is 4.74 Å².